The van der Waals surface area contributed by atoms with Crippen LogP contribution in [0.4, 0.5) is 10.1 Å². The predicted octanol–water partition coefficient (Wildman–Crippen LogP) is 2.83. The van der Waals surface area contributed by atoms with Gasteiger partial charge < -0.3 is 14.6 Å². The number of halogens is 1. The molecule has 0 unspecified atom stereocenters. The summed E-state index contributed by atoms with van der Waals surface area (Å²) < 4.78 is 18.4. The summed E-state index contributed by atoms with van der Waals surface area (Å²) >= 11 is 0. The van der Waals surface area contributed by atoms with Crippen LogP contribution in [-0.4, -0.2) is 54.7 Å². The minimum atomic E-state index is -0.203. The highest BCUT2D eigenvalue weighted by atomic mass is 19.1. The number of piperazine rings is 1. The van der Waals surface area contributed by atoms with Crippen LogP contribution < -0.4 is 15.2 Å². The zero-order valence-electron chi connectivity index (χ0n) is 16.5. The second kappa shape index (κ2) is 8.61. The first-order valence-corrected chi connectivity index (χ1v) is 9.93. The third kappa shape index (κ3) is 4.40. The van der Waals surface area contributed by atoms with Gasteiger partial charge in [0, 0.05) is 38.3 Å². The van der Waals surface area contributed by atoms with Crippen molar-refractivity contribution in [2.24, 2.45) is 0 Å². The Bertz CT molecular complexity index is 1030. The van der Waals surface area contributed by atoms with Crippen molar-refractivity contribution in [2.45, 2.75) is 12.8 Å². The fourth-order valence-corrected chi connectivity index (χ4v) is 3.82. The maximum absolute atomic E-state index is 13.1. The van der Waals surface area contributed by atoms with E-state index >= 15 is 0 Å². The summed E-state index contributed by atoms with van der Waals surface area (Å²) in [6, 6.07) is 12.1. The Morgan fingerprint density at radius 3 is 2.59 bits per heavy atom. The van der Waals surface area contributed by atoms with Crippen LogP contribution in [0, 0.1) is 5.82 Å². The largest absolute Gasteiger partial charge is 0.494 e. The lowest BCUT2D eigenvalue weighted by atomic mass is 10.2. The number of anilines is 1. The number of aryl methyl sites for hydroxylation is 1. The van der Waals surface area contributed by atoms with Crippen molar-refractivity contribution < 1.29 is 9.13 Å². The molecule has 3 aromatic rings. The SMILES string of the molecule is COc1cccc2c(=O)[nH]c(CCCN3CCN(c4ccc(F)cc4)CC3)nc12. The number of ether oxygens (including phenoxy) is 1. The van der Waals surface area contributed by atoms with Crippen molar-refractivity contribution in [3.05, 3.63) is 64.5 Å². The topological polar surface area (TPSA) is 61.5 Å². The monoisotopic (exact) mass is 396 g/mol. The molecule has 1 aliphatic heterocycles. The van der Waals surface area contributed by atoms with Gasteiger partial charge in [0.15, 0.2) is 0 Å². The van der Waals surface area contributed by atoms with E-state index in [9.17, 15) is 9.18 Å². The molecule has 1 N–H and O–H groups in total. The van der Waals surface area contributed by atoms with Gasteiger partial charge in [0.1, 0.15) is 22.9 Å². The Hall–Kier alpha value is -2.93. The molecule has 1 fully saturated rings. The normalized spacial score (nSPS) is 15.0. The van der Waals surface area contributed by atoms with Crippen LogP contribution in [0.2, 0.25) is 0 Å². The molecule has 0 bridgehead atoms. The molecule has 0 atom stereocenters. The highest BCUT2D eigenvalue weighted by Crippen LogP contribution is 2.21. The highest BCUT2D eigenvalue weighted by molar-refractivity contribution is 5.83. The summed E-state index contributed by atoms with van der Waals surface area (Å²) in [7, 11) is 1.59. The molecule has 29 heavy (non-hydrogen) atoms. The molecule has 0 aliphatic carbocycles. The van der Waals surface area contributed by atoms with Crippen LogP contribution in [0.1, 0.15) is 12.2 Å². The molecule has 7 heteroatoms. The van der Waals surface area contributed by atoms with Crippen LogP contribution in [0.25, 0.3) is 10.9 Å². The van der Waals surface area contributed by atoms with Gasteiger partial charge in [0.05, 0.1) is 12.5 Å². The average Bonchev–Trinajstić information content (AvgIpc) is 2.74. The van der Waals surface area contributed by atoms with Gasteiger partial charge in [0.25, 0.3) is 5.56 Å². The number of para-hydroxylation sites is 1. The maximum Gasteiger partial charge on any atom is 0.258 e. The Morgan fingerprint density at radius 1 is 1.10 bits per heavy atom. The highest BCUT2D eigenvalue weighted by Gasteiger charge is 2.17. The maximum atomic E-state index is 13.1. The fourth-order valence-electron chi connectivity index (χ4n) is 3.82. The van der Waals surface area contributed by atoms with Crippen molar-refractivity contribution in [3.8, 4) is 5.75 Å². The summed E-state index contributed by atoms with van der Waals surface area (Å²) in [5.41, 5.74) is 1.55. The van der Waals surface area contributed by atoms with Crippen LogP contribution in [-0.2, 0) is 6.42 Å². The average molecular weight is 396 g/mol. The number of nitrogens with one attached hydrogen (secondary N) is 1. The van der Waals surface area contributed by atoms with E-state index in [0.29, 0.717) is 28.9 Å². The predicted molar refractivity (Wildman–Crippen MR) is 112 cm³/mol. The van der Waals surface area contributed by atoms with Crippen molar-refractivity contribution in [1.82, 2.24) is 14.9 Å². The van der Waals surface area contributed by atoms with Crippen LogP contribution in [0.5, 0.6) is 5.75 Å². The zero-order valence-corrected chi connectivity index (χ0v) is 16.5. The Morgan fingerprint density at radius 2 is 1.86 bits per heavy atom. The van der Waals surface area contributed by atoms with E-state index in [1.807, 2.05) is 18.2 Å². The van der Waals surface area contributed by atoms with Gasteiger partial charge in [-0.1, -0.05) is 6.07 Å². The number of methoxy groups -OCH3 is 1. The molecule has 1 aliphatic rings. The van der Waals surface area contributed by atoms with Gasteiger partial charge in [-0.3, -0.25) is 9.69 Å². The van der Waals surface area contributed by atoms with Gasteiger partial charge in [-0.2, -0.15) is 0 Å². The first kappa shape index (κ1) is 19.4. The molecule has 1 saturated heterocycles. The second-order valence-corrected chi connectivity index (χ2v) is 7.28. The molecule has 0 radical (unpaired) electrons. The number of rotatable bonds is 6. The van der Waals surface area contributed by atoms with E-state index in [1.54, 1.807) is 19.2 Å². The standard InChI is InChI=1S/C22H25FN4O2/c1-29-19-5-2-4-18-21(19)24-20(25-22(18)28)6-3-11-26-12-14-27(15-13-26)17-9-7-16(23)8-10-17/h2,4-5,7-10H,3,6,11-15H2,1H3,(H,24,25,28). The van der Waals surface area contributed by atoms with E-state index in [1.165, 1.54) is 12.1 Å². The summed E-state index contributed by atoms with van der Waals surface area (Å²) in [6.45, 7) is 4.73. The zero-order chi connectivity index (χ0) is 20.2. The Balaban J connectivity index is 1.32. The minimum absolute atomic E-state index is 0.128. The molecule has 1 aromatic heterocycles. The van der Waals surface area contributed by atoms with E-state index in [-0.39, 0.29) is 11.4 Å². The van der Waals surface area contributed by atoms with Crippen molar-refractivity contribution in [3.63, 3.8) is 0 Å². The van der Waals surface area contributed by atoms with Gasteiger partial charge in [-0.15, -0.1) is 0 Å². The lowest BCUT2D eigenvalue weighted by molar-refractivity contribution is 0.254. The molecule has 4 rings (SSSR count). The lowest BCUT2D eigenvalue weighted by Gasteiger charge is -2.36. The van der Waals surface area contributed by atoms with Crippen LogP contribution in [0.3, 0.4) is 0 Å². The number of aromatic amines is 1. The quantitative estimate of drug-likeness (QED) is 0.694. The third-order valence-corrected chi connectivity index (χ3v) is 5.42. The minimum Gasteiger partial charge on any atom is -0.494 e. The number of hydrogen-bond donors (Lipinski definition) is 1. The number of nitrogens with zero attached hydrogens (tertiary/aromatic N) is 3. The van der Waals surface area contributed by atoms with Crippen LogP contribution in [0.15, 0.2) is 47.3 Å². The van der Waals surface area contributed by atoms with Gasteiger partial charge in [0.2, 0.25) is 0 Å². The smallest absolute Gasteiger partial charge is 0.258 e. The fraction of sp³-hybridized carbons (Fsp3) is 0.364. The Kier molecular flexibility index (Phi) is 5.76. The molecule has 0 spiro atoms. The third-order valence-electron chi connectivity index (χ3n) is 5.42. The summed E-state index contributed by atoms with van der Waals surface area (Å²) in [5.74, 6) is 1.11. The number of aromatic nitrogens is 2. The number of H-pyrrole nitrogens is 1. The van der Waals surface area contributed by atoms with Crippen molar-refractivity contribution in [2.75, 3.05) is 44.7 Å². The number of hydrogen-bond acceptors (Lipinski definition) is 5. The molecule has 2 aromatic carbocycles. The molecule has 2 heterocycles. The van der Waals surface area contributed by atoms with Gasteiger partial charge >= 0.3 is 0 Å². The molecule has 0 amide bonds. The van der Waals surface area contributed by atoms with Crippen molar-refractivity contribution >= 4 is 16.6 Å². The van der Waals surface area contributed by atoms with E-state index < -0.39 is 0 Å². The molecule has 152 valence electrons. The first-order chi connectivity index (χ1) is 14.1. The van der Waals surface area contributed by atoms with Gasteiger partial charge in [-0.05, 0) is 49.4 Å². The molecular formula is C22H25FN4O2. The number of benzene rings is 2. The molecule has 6 nitrogen and oxygen atoms in total. The number of fused-ring (bicyclic) bond motifs is 1. The van der Waals surface area contributed by atoms with E-state index in [0.717, 1.165) is 44.8 Å². The molecule has 0 saturated carbocycles. The summed E-state index contributed by atoms with van der Waals surface area (Å²) in [5, 5.41) is 0.546. The summed E-state index contributed by atoms with van der Waals surface area (Å²) in [4.78, 5) is 24.5. The van der Waals surface area contributed by atoms with Crippen LogP contribution >= 0.6 is 0 Å². The van der Waals surface area contributed by atoms with Crippen molar-refractivity contribution in [1.29, 1.82) is 0 Å². The summed E-state index contributed by atoms with van der Waals surface area (Å²) in [6.07, 6.45) is 1.63. The lowest BCUT2D eigenvalue weighted by Crippen LogP contribution is -2.46. The Labute approximate surface area is 168 Å². The molecular weight excluding hydrogens is 371 g/mol. The first-order valence-electron chi connectivity index (χ1n) is 9.93. The van der Waals surface area contributed by atoms with E-state index in [2.05, 4.69) is 19.8 Å². The second-order valence-electron chi connectivity index (χ2n) is 7.28. The van der Waals surface area contributed by atoms with Gasteiger partial charge in [-0.25, -0.2) is 9.37 Å². The van der Waals surface area contributed by atoms with E-state index in [4.69, 9.17) is 4.74 Å².